The number of rotatable bonds is 5. The number of benzene rings is 1. The predicted octanol–water partition coefficient (Wildman–Crippen LogP) is 1.97. The van der Waals surface area contributed by atoms with Gasteiger partial charge in [0, 0.05) is 18.6 Å². The summed E-state index contributed by atoms with van der Waals surface area (Å²) in [7, 11) is 0. The van der Waals surface area contributed by atoms with Crippen LogP contribution in [0.4, 0.5) is 4.39 Å². The average molecular weight is 348 g/mol. The molecule has 0 radical (unpaired) electrons. The maximum atomic E-state index is 13.1. The second kappa shape index (κ2) is 7.81. The lowest BCUT2D eigenvalue weighted by Gasteiger charge is -2.41. The van der Waals surface area contributed by atoms with Crippen LogP contribution in [0.15, 0.2) is 24.3 Å². The van der Waals surface area contributed by atoms with Crippen LogP contribution in [0.5, 0.6) is 0 Å². The van der Waals surface area contributed by atoms with Crippen molar-refractivity contribution >= 4 is 5.91 Å². The van der Waals surface area contributed by atoms with Gasteiger partial charge >= 0.3 is 0 Å². The molecule has 0 aliphatic carbocycles. The van der Waals surface area contributed by atoms with Gasteiger partial charge in [-0.2, -0.15) is 0 Å². The third kappa shape index (κ3) is 4.37. The minimum Gasteiger partial charge on any atom is -0.354 e. The number of hydrazine groups is 1. The summed E-state index contributed by atoms with van der Waals surface area (Å²) < 4.78 is 13.1. The molecule has 2 unspecified atom stereocenters. The van der Waals surface area contributed by atoms with Crippen molar-refractivity contribution in [2.75, 3.05) is 26.2 Å². The Morgan fingerprint density at radius 3 is 2.60 bits per heavy atom. The first-order valence-corrected chi connectivity index (χ1v) is 9.24. The summed E-state index contributed by atoms with van der Waals surface area (Å²) >= 11 is 0. The molecule has 0 bridgehead atoms. The Hall–Kier alpha value is -1.50. The van der Waals surface area contributed by atoms with Crippen LogP contribution in [0, 0.1) is 11.7 Å². The van der Waals surface area contributed by atoms with Crippen molar-refractivity contribution in [1.29, 1.82) is 0 Å². The minimum atomic E-state index is -0.265. The molecular formula is C19H29FN4O. The van der Waals surface area contributed by atoms with Crippen LogP contribution in [-0.2, 0) is 4.79 Å². The van der Waals surface area contributed by atoms with E-state index in [1.165, 1.54) is 31.4 Å². The summed E-state index contributed by atoms with van der Waals surface area (Å²) in [6.45, 7) is 7.81. The van der Waals surface area contributed by atoms with Crippen LogP contribution in [0.25, 0.3) is 0 Å². The van der Waals surface area contributed by atoms with Crippen molar-refractivity contribution in [2.45, 2.75) is 44.7 Å². The molecule has 2 fully saturated rings. The first-order valence-electron chi connectivity index (χ1n) is 9.24. The predicted molar refractivity (Wildman–Crippen MR) is 96.3 cm³/mol. The number of carbonyl (C=O) groups is 1. The van der Waals surface area contributed by atoms with Gasteiger partial charge in [-0.3, -0.25) is 15.1 Å². The molecule has 3 N–H and O–H groups in total. The van der Waals surface area contributed by atoms with E-state index in [1.54, 1.807) is 12.1 Å². The van der Waals surface area contributed by atoms with E-state index in [4.69, 9.17) is 0 Å². The number of hydrogen-bond acceptors (Lipinski definition) is 4. The zero-order valence-corrected chi connectivity index (χ0v) is 15.1. The zero-order chi connectivity index (χ0) is 17.9. The standard InChI is InChI=1S/C19H29FN4O/c1-19(2,24-10-4-3-5-11-24)13-21-18(25)16-12-22-23-17(16)14-6-8-15(20)9-7-14/h6-9,16-17,22-23H,3-5,10-13H2,1-2H3,(H,21,25). The number of nitrogens with zero attached hydrogens (tertiary/aromatic N) is 1. The summed E-state index contributed by atoms with van der Waals surface area (Å²) in [6, 6.07) is 6.20. The highest BCUT2D eigenvalue weighted by Gasteiger charge is 2.35. The summed E-state index contributed by atoms with van der Waals surface area (Å²) in [5, 5.41) is 3.14. The largest absolute Gasteiger partial charge is 0.354 e. The molecule has 2 aliphatic rings. The van der Waals surface area contributed by atoms with Gasteiger partial charge in [0.1, 0.15) is 5.82 Å². The molecule has 2 atom stereocenters. The molecular weight excluding hydrogens is 319 g/mol. The van der Waals surface area contributed by atoms with E-state index < -0.39 is 0 Å². The molecule has 0 aromatic heterocycles. The van der Waals surface area contributed by atoms with Crippen molar-refractivity contribution < 1.29 is 9.18 Å². The molecule has 1 amide bonds. The maximum absolute atomic E-state index is 13.1. The second-order valence-corrected chi connectivity index (χ2v) is 7.74. The molecule has 1 aromatic carbocycles. The number of nitrogens with one attached hydrogen (secondary N) is 3. The van der Waals surface area contributed by atoms with E-state index in [0.29, 0.717) is 13.1 Å². The van der Waals surface area contributed by atoms with Crippen LogP contribution >= 0.6 is 0 Å². The van der Waals surface area contributed by atoms with Crippen LogP contribution < -0.4 is 16.2 Å². The maximum Gasteiger partial charge on any atom is 0.226 e. The van der Waals surface area contributed by atoms with Crippen LogP contribution in [0.3, 0.4) is 0 Å². The van der Waals surface area contributed by atoms with Gasteiger partial charge in [0.15, 0.2) is 0 Å². The highest BCUT2D eigenvalue weighted by molar-refractivity contribution is 5.80. The number of piperidine rings is 1. The molecule has 5 nitrogen and oxygen atoms in total. The van der Waals surface area contributed by atoms with E-state index in [2.05, 4.69) is 34.9 Å². The van der Waals surface area contributed by atoms with Gasteiger partial charge in [0.25, 0.3) is 0 Å². The Kier molecular flexibility index (Phi) is 5.71. The topological polar surface area (TPSA) is 56.4 Å². The first kappa shape index (κ1) is 18.3. The highest BCUT2D eigenvalue weighted by atomic mass is 19.1. The Labute approximate surface area is 149 Å². The molecule has 0 saturated carbocycles. The Bertz CT molecular complexity index is 584. The molecule has 6 heteroatoms. The molecule has 3 rings (SSSR count). The van der Waals surface area contributed by atoms with Crippen molar-refractivity contribution in [1.82, 2.24) is 21.1 Å². The summed E-state index contributed by atoms with van der Waals surface area (Å²) in [4.78, 5) is 15.2. The van der Waals surface area contributed by atoms with Crippen LogP contribution in [0.2, 0.25) is 0 Å². The Morgan fingerprint density at radius 1 is 1.24 bits per heavy atom. The van der Waals surface area contributed by atoms with E-state index in [1.807, 2.05) is 0 Å². The van der Waals surface area contributed by atoms with E-state index in [0.717, 1.165) is 18.7 Å². The molecule has 0 spiro atoms. The zero-order valence-electron chi connectivity index (χ0n) is 15.1. The highest BCUT2D eigenvalue weighted by Crippen LogP contribution is 2.26. The SMILES string of the molecule is CC(C)(CNC(=O)C1CNNC1c1ccc(F)cc1)N1CCCCC1. The summed E-state index contributed by atoms with van der Waals surface area (Å²) in [6.07, 6.45) is 3.78. The summed E-state index contributed by atoms with van der Waals surface area (Å²) in [5.74, 6) is -0.432. The fourth-order valence-corrected chi connectivity index (χ4v) is 3.77. The first-order chi connectivity index (χ1) is 12.0. The number of amides is 1. The van der Waals surface area contributed by atoms with Gasteiger partial charge in [0.05, 0.1) is 12.0 Å². The number of halogens is 1. The average Bonchev–Trinajstić information content (AvgIpc) is 3.11. The van der Waals surface area contributed by atoms with Gasteiger partial charge < -0.3 is 5.32 Å². The molecule has 2 aliphatic heterocycles. The number of carbonyl (C=O) groups excluding carboxylic acids is 1. The van der Waals surface area contributed by atoms with E-state index in [-0.39, 0.29) is 29.2 Å². The lowest BCUT2D eigenvalue weighted by atomic mass is 9.93. The molecule has 25 heavy (non-hydrogen) atoms. The monoisotopic (exact) mass is 348 g/mol. The fourth-order valence-electron chi connectivity index (χ4n) is 3.77. The minimum absolute atomic E-state index is 0.0388. The second-order valence-electron chi connectivity index (χ2n) is 7.74. The van der Waals surface area contributed by atoms with Gasteiger partial charge in [-0.05, 0) is 57.5 Å². The third-order valence-corrected chi connectivity index (χ3v) is 5.46. The number of hydrogen-bond donors (Lipinski definition) is 3. The quantitative estimate of drug-likeness (QED) is 0.762. The van der Waals surface area contributed by atoms with Crippen molar-refractivity contribution in [3.05, 3.63) is 35.6 Å². The molecule has 2 saturated heterocycles. The van der Waals surface area contributed by atoms with E-state index >= 15 is 0 Å². The van der Waals surface area contributed by atoms with Gasteiger partial charge in [-0.25, -0.2) is 9.82 Å². The van der Waals surface area contributed by atoms with Gasteiger partial charge in [-0.15, -0.1) is 0 Å². The Morgan fingerprint density at radius 2 is 1.92 bits per heavy atom. The van der Waals surface area contributed by atoms with Crippen molar-refractivity contribution in [3.63, 3.8) is 0 Å². The van der Waals surface area contributed by atoms with Crippen molar-refractivity contribution in [3.8, 4) is 0 Å². The van der Waals surface area contributed by atoms with E-state index in [9.17, 15) is 9.18 Å². The number of likely N-dealkylation sites (tertiary alicyclic amines) is 1. The third-order valence-electron chi connectivity index (χ3n) is 5.46. The molecule has 1 aromatic rings. The molecule has 138 valence electrons. The smallest absolute Gasteiger partial charge is 0.226 e. The van der Waals surface area contributed by atoms with Crippen LogP contribution in [-0.4, -0.2) is 42.5 Å². The Balaban J connectivity index is 1.59. The normalized spacial score (nSPS) is 25.1. The molecule has 2 heterocycles. The fraction of sp³-hybridized carbons (Fsp3) is 0.632. The van der Waals surface area contributed by atoms with Gasteiger partial charge in [0.2, 0.25) is 5.91 Å². The van der Waals surface area contributed by atoms with Crippen LogP contribution in [0.1, 0.15) is 44.7 Å². The lowest BCUT2D eigenvalue weighted by molar-refractivity contribution is -0.125. The van der Waals surface area contributed by atoms with Crippen molar-refractivity contribution in [2.24, 2.45) is 5.92 Å². The summed E-state index contributed by atoms with van der Waals surface area (Å²) in [5.41, 5.74) is 7.08. The van der Waals surface area contributed by atoms with Gasteiger partial charge in [-0.1, -0.05) is 18.6 Å². The lowest BCUT2D eigenvalue weighted by Crippen LogP contribution is -2.54.